The van der Waals surface area contributed by atoms with Crippen LogP contribution in [-0.4, -0.2) is 23.3 Å². The van der Waals surface area contributed by atoms with Crippen LogP contribution in [0.2, 0.25) is 10.0 Å². The molecule has 134 valence electrons. The van der Waals surface area contributed by atoms with Crippen LogP contribution in [0.25, 0.3) is 0 Å². The number of carbonyl (C=O) groups is 2. The highest BCUT2D eigenvalue weighted by Crippen LogP contribution is 2.32. The van der Waals surface area contributed by atoms with E-state index >= 15 is 0 Å². The first-order valence-electron chi connectivity index (χ1n) is 7.66. The van der Waals surface area contributed by atoms with Gasteiger partial charge in [-0.25, -0.2) is 0 Å². The van der Waals surface area contributed by atoms with Gasteiger partial charge in [0.1, 0.15) is 5.69 Å². The van der Waals surface area contributed by atoms with E-state index in [1.54, 1.807) is 24.3 Å². The van der Waals surface area contributed by atoms with Gasteiger partial charge < -0.3 is 10.2 Å². The van der Waals surface area contributed by atoms with Crippen LogP contribution in [0.15, 0.2) is 42.5 Å². The maximum absolute atomic E-state index is 12.5. The summed E-state index contributed by atoms with van der Waals surface area (Å²) in [5.74, 6) is -1.35. The van der Waals surface area contributed by atoms with Crippen molar-refractivity contribution in [3.8, 4) is 0 Å². The van der Waals surface area contributed by atoms with Crippen molar-refractivity contribution in [3.63, 3.8) is 0 Å². The summed E-state index contributed by atoms with van der Waals surface area (Å²) >= 11 is 11.9. The van der Waals surface area contributed by atoms with Gasteiger partial charge in [0.2, 0.25) is 11.8 Å². The van der Waals surface area contributed by atoms with Crippen LogP contribution in [-0.2, 0) is 9.59 Å². The molecule has 1 aliphatic rings. The number of hydrogen-bond acceptors (Lipinski definition) is 4. The fourth-order valence-corrected chi connectivity index (χ4v) is 3.19. The molecular formula is C17H13Cl2N3O4. The van der Waals surface area contributed by atoms with Crippen molar-refractivity contribution in [2.75, 3.05) is 16.8 Å². The second-order valence-corrected chi connectivity index (χ2v) is 6.61. The molecule has 26 heavy (non-hydrogen) atoms. The summed E-state index contributed by atoms with van der Waals surface area (Å²) in [6.07, 6.45) is -0.00154. The maximum Gasteiger partial charge on any atom is 0.294 e. The van der Waals surface area contributed by atoms with E-state index in [1.165, 1.54) is 17.0 Å². The number of nitrogens with one attached hydrogen (secondary N) is 1. The highest BCUT2D eigenvalue weighted by molar-refractivity contribution is 6.34. The largest absolute Gasteiger partial charge is 0.320 e. The number of carbonyl (C=O) groups excluding carboxylic acids is 2. The zero-order valence-corrected chi connectivity index (χ0v) is 14.8. The first-order chi connectivity index (χ1) is 12.4. The molecule has 0 spiro atoms. The zero-order valence-electron chi connectivity index (χ0n) is 13.3. The van der Waals surface area contributed by atoms with E-state index in [2.05, 4.69) is 5.32 Å². The summed E-state index contributed by atoms with van der Waals surface area (Å²) in [5.41, 5.74) is 0.262. The van der Waals surface area contributed by atoms with Crippen molar-refractivity contribution >= 4 is 52.1 Å². The molecule has 9 heteroatoms. The van der Waals surface area contributed by atoms with E-state index < -0.39 is 16.7 Å². The Morgan fingerprint density at radius 3 is 2.65 bits per heavy atom. The third-order valence-electron chi connectivity index (χ3n) is 4.05. The Morgan fingerprint density at radius 2 is 1.96 bits per heavy atom. The molecule has 2 amide bonds. The van der Waals surface area contributed by atoms with Gasteiger partial charge in [-0.2, -0.15) is 0 Å². The average molecular weight is 394 g/mol. The molecule has 0 aromatic heterocycles. The molecule has 0 aliphatic carbocycles. The summed E-state index contributed by atoms with van der Waals surface area (Å²) < 4.78 is 0. The zero-order chi connectivity index (χ0) is 18.8. The van der Waals surface area contributed by atoms with Crippen molar-refractivity contribution in [1.82, 2.24) is 0 Å². The Hall–Kier alpha value is -2.64. The summed E-state index contributed by atoms with van der Waals surface area (Å²) in [6.45, 7) is 0.149. The number of amides is 2. The lowest BCUT2D eigenvalue weighted by atomic mass is 10.1. The van der Waals surface area contributed by atoms with Crippen LogP contribution in [0, 0.1) is 16.0 Å². The number of rotatable bonds is 4. The highest BCUT2D eigenvalue weighted by atomic mass is 35.5. The van der Waals surface area contributed by atoms with Crippen LogP contribution in [0.4, 0.5) is 17.1 Å². The third kappa shape index (κ3) is 3.63. The number of nitro groups is 1. The predicted octanol–water partition coefficient (Wildman–Crippen LogP) is 3.89. The van der Waals surface area contributed by atoms with Gasteiger partial charge in [0.05, 0.1) is 21.6 Å². The van der Waals surface area contributed by atoms with Crippen molar-refractivity contribution in [2.45, 2.75) is 6.42 Å². The van der Waals surface area contributed by atoms with Gasteiger partial charge in [0.25, 0.3) is 5.69 Å². The number of anilines is 2. The Kier molecular flexibility index (Phi) is 5.11. The minimum absolute atomic E-state index is 0.00154. The number of hydrogen-bond donors (Lipinski definition) is 1. The number of nitro benzene ring substituents is 1. The molecule has 2 aromatic rings. The number of para-hydroxylation sites is 1. The molecule has 0 saturated carbocycles. The normalized spacial score (nSPS) is 16.6. The number of benzene rings is 2. The van der Waals surface area contributed by atoms with Crippen molar-refractivity contribution < 1.29 is 14.5 Å². The fraction of sp³-hybridized carbons (Fsp3) is 0.176. The Morgan fingerprint density at radius 1 is 1.23 bits per heavy atom. The fourth-order valence-electron chi connectivity index (χ4n) is 2.78. The van der Waals surface area contributed by atoms with Gasteiger partial charge in [-0.1, -0.05) is 35.3 Å². The quantitative estimate of drug-likeness (QED) is 0.629. The van der Waals surface area contributed by atoms with Crippen molar-refractivity contribution in [2.24, 2.45) is 5.92 Å². The molecule has 1 aliphatic heterocycles. The Balaban J connectivity index is 1.77. The van der Waals surface area contributed by atoms with Crippen LogP contribution in [0.5, 0.6) is 0 Å². The molecule has 1 unspecified atom stereocenters. The monoisotopic (exact) mass is 393 g/mol. The molecule has 1 heterocycles. The second-order valence-electron chi connectivity index (χ2n) is 5.76. The Bertz CT molecular complexity index is 903. The van der Waals surface area contributed by atoms with E-state index in [9.17, 15) is 19.7 Å². The Labute approximate surface area is 158 Å². The number of halogens is 2. The van der Waals surface area contributed by atoms with Crippen molar-refractivity contribution in [3.05, 3.63) is 62.6 Å². The molecule has 2 aromatic carbocycles. The first kappa shape index (κ1) is 18.2. The summed E-state index contributed by atoms with van der Waals surface area (Å²) in [5, 5.41) is 14.2. The van der Waals surface area contributed by atoms with Gasteiger partial charge in [0, 0.05) is 24.1 Å². The topological polar surface area (TPSA) is 92.5 Å². The van der Waals surface area contributed by atoms with Crippen LogP contribution in [0.3, 0.4) is 0 Å². The predicted molar refractivity (Wildman–Crippen MR) is 98.6 cm³/mol. The lowest BCUT2D eigenvalue weighted by Gasteiger charge is -2.18. The van der Waals surface area contributed by atoms with Crippen LogP contribution >= 0.6 is 23.2 Å². The van der Waals surface area contributed by atoms with Gasteiger partial charge in [-0.3, -0.25) is 19.7 Å². The van der Waals surface area contributed by atoms with E-state index in [-0.39, 0.29) is 35.3 Å². The van der Waals surface area contributed by atoms with E-state index in [0.29, 0.717) is 10.7 Å². The standard InChI is InChI=1S/C17H13Cl2N3O4/c18-11-5-6-13(15(8-11)22(25)26)20-17(24)10-7-16(23)21(9-10)14-4-2-1-3-12(14)19/h1-6,8,10H,7,9H2,(H,20,24). The highest BCUT2D eigenvalue weighted by Gasteiger charge is 2.36. The lowest BCUT2D eigenvalue weighted by molar-refractivity contribution is -0.383. The summed E-state index contributed by atoms with van der Waals surface area (Å²) in [7, 11) is 0. The molecule has 7 nitrogen and oxygen atoms in total. The molecule has 1 fully saturated rings. The second kappa shape index (κ2) is 7.31. The van der Waals surface area contributed by atoms with E-state index in [1.807, 2.05) is 0 Å². The van der Waals surface area contributed by atoms with Gasteiger partial charge in [-0.05, 0) is 24.3 Å². The van der Waals surface area contributed by atoms with Crippen molar-refractivity contribution in [1.29, 1.82) is 0 Å². The van der Waals surface area contributed by atoms with Gasteiger partial charge in [-0.15, -0.1) is 0 Å². The maximum atomic E-state index is 12.5. The van der Waals surface area contributed by atoms with E-state index in [4.69, 9.17) is 23.2 Å². The van der Waals surface area contributed by atoms with Gasteiger partial charge >= 0.3 is 0 Å². The molecule has 1 atom stereocenters. The molecular weight excluding hydrogens is 381 g/mol. The molecule has 3 rings (SSSR count). The van der Waals surface area contributed by atoms with Crippen LogP contribution < -0.4 is 10.2 Å². The molecule has 1 N–H and O–H groups in total. The molecule has 0 radical (unpaired) electrons. The molecule has 0 bridgehead atoms. The lowest BCUT2D eigenvalue weighted by Crippen LogP contribution is -2.28. The average Bonchev–Trinajstić information content (AvgIpc) is 2.98. The van der Waals surface area contributed by atoms with E-state index in [0.717, 1.165) is 6.07 Å². The molecule has 1 saturated heterocycles. The van der Waals surface area contributed by atoms with Gasteiger partial charge in [0.15, 0.2) is 0 Å². The summed E-state index contributed by atoms with van der Waals surface area (Å²) in [4.78, 5) is 36.7. The minimum atomic E-state index is -0.644. The third-order valence-corrected chi connectivity index (χ3v) is 4.61. The number of nitrogens with zero attached hydrogens (tertiary/aromatic N) is 2. The summed E-state index contributed by atoms with van der Waals surface area (Å²) in [6, 6.07) is 10.8. The minimum Gasteiger partial charge on any atom is -0.320 e. The first-order valence-corrected chi connectivity index (χ1v) is 8.42. The smallest absolute Gasteiger partial charge is 0.294 e. The SMILES string of the molecule is O=C(Nc1ccc(Cl)cc1[N+](=O)[O-])C1CC(=O)N(c2ccccc2Cl)C1. The van der Waals surface area contributed by atoms with Crippen LogP contribution in [0.1, 0.15) is 6.42 Å².